The third-order valence-electron chi connectivity index (χ3n) is 3.68. The van der Waals surface area contributed by atoms with Gasteiger partial charge in [-0.1, -0.05) is 5.10 Å². The quantitative estimate of drug-likeness (QED) is 0.827. The number of sulfone groups is 1. The average molecular weight is 285 g/mol. The van der Waals surface area contributed by atoms with Crippen LogP contribution in [0.4, 0.5) is 6.01 Å². The van der Waals surface area contributed by atoms with E-state index in [2.05, 4.69) is 10.2 Å². The Morgan fingerprint density at radius 3 is 2.79 bits per heavy atom. The van der Waals surface area contributed by atoms with Crippen molar-refractivity contribution in [2.24, 2.45) is 5.92 Å². The van der Waals surface area contributed by atoms with Crippen molar-refractivity contribution in [3.8, 4) is 0 Å². The molecule has 0 radical (unpaired) electrons. The fourth-order valence-electron chi connectivity index (χ4n) is 2.65. The second-order valence-corrected chi connectivity index (χ2v) is 7.93. The summed E-state index contributed by atoms with van der Waals surface area (Å²) in [6.45, 7) is 1.56. The molecule has 1 atom stereocenters. The molecule has 106 valence electrons. The van der Waals surface area contributed by atoms with Crippen molar-refractivity contribution in [3.63, 3.8) is 0 Å². The van der Waals surface area contributed by atoms with E-state index in [-0.39, 0.29) is 11.7 Å². The molecule has 1 aliphatic carbocycles. The summed E-state index contributed by atoms with van der Waals surface area (Å²) >= 11 is 0. The van der Waals surface area contributed by atoms with E-state index in [1.165, 1.54) is 6.26 Å². The van der Waals surface area contributed by atoms with Crippen molar-refractivity contribution in [1.82, 2.24) is 10.2 Å². The predicted molar refractivity (Wildman–Crippen MR) is 70.9 cm³/mol. The molecule has 1 aromatic heterocycles. The first-order valence-corrected chi connectivity index (χ1v) is 8.83. The van der Waals surface area contributed by atoms with E-state index in [9.17, 15) is 8.42 Å². The van der Waals surface area contributed by atoms with Crippen molar-refractivity contribution >= 4 is 15.9 Å². The number of aromatic nitrogens is 2. The molecule has 7 heteroatoms. The van der Waals surface area contributed by atoms with E-state index in [0.717, 1.165) is 38.1 Å². The number of nitrogens with zero attached hydrogens (tertiary/aromatic N) is 3. The Hall–Kier alpha value is -1.11. The van der Waals surface area contributed by atoms with Crippen LogP contribution in [0.25, 0.3) is 0 Å². The van der Waals surface area contributed by atoms with Crippen LogP contribution < -0.4 is 4.90 Å². The van der Waals surface area contributed by atoms with E-state index in [0.29, 0.717) is 18.5 Å². The Morgan fingerprint density at radius 1 is 1.32 bits per heavy atom. The second kappa shape index (κ2) is 4.77. The molecule has 19 heavy (non-hydrogen) atoms. The highest BCUT2D eigenvalue weighted by atomic mass is 32.2. The summed E-state index contributed by atoms with van der Waals surface area (Å²) in [4.78, 5) is 2.03. The molecule has 0 spiro atoms. The van der Waals surface area contributed by atoms with Gasteiger partial charge in [0.1, 0.15) is 9.84 Å². The Morgan fingerprint density at radius 2 is 2.11 bits per heavy atom. The molecule has 0 bridgehead atoms. The van der Waals surface area contributed by atoms with Crippen LogP contribution in [0.1, 0.15) is 37.5 Å². The standard InChI is InChI=1S/C12H19N3O3S/c1-19(16,17)8-9-3-2-6-15(7-9)12-14-13-11(18-12)10-4-5-10/h9-10H,2-8H2,1H3/t9-/m0/s1. The van der Waals surface area contributed by atoms with E-state index in [1.54, 1.807) is 0 Å². The molecule has 0 aromatic carbocycles. The molecular formula is C12H19N3O3S. The molecule has 0 N–H and O–H groups in total. The highest BCUT2D eigenvalue weighted by Gasteiger charge is 2.31. The summed E-state index contributed by atoms with van der Waals surface area (Å²) in [6, 6.07) is 0.556. The molecule has 1 saturated carbocycles. The highest BCUT2D eigenvalue weighted by molar-refractivity contribution is 7.90. The zero-order valence-electron chi connectivity index (χ0n) is 11.1. The Kier molecular flexibility index (Phi) is 3.24. The molecular weight excluding hydrogens is 266 g/mol. The van der Waals surface area contributed by atoms with Gasteiger partial charge in [-0.2, -0.15) is 0 Å². The topological polar surface area (TPSA) is 76.3 Å². The molecule has 2 aliphatic rings. The fourth-order valence-corrected chi connectivity index (χ4v) is 3.78. The molecule has 1 aliphatic heterocycles. The first-order valence-electron chi connectivity index (χ1n) is 6.77. The zero-order valence-corrected chi connectivity index (χ0v) is 11.9. The Balaban J connectivity index is 1.66. The van der Waals surface area contributed by atoms with Gasteiger partial charge < -0.3 is 9.32 Å². The lowest BCUT2D eigenvalue weighted by Gasteiger charge is -2.30. The number of anilines is 1. The van der Waals surface area contributed by atoms with Gasteiger partial charge in [0.15, 0.2) is 0 Å². The van der Waals surface area contributed by atoms with Crippen LogP contribution in [0, 0.1) is 5.92 Å². The normalized spacial score (nSPS) is 24.7. The lowest BCUT2D eigenvalue weighted by molar-refractivity contribution is 0.407. The molecule has 6 nitrogen and oxygen atoms in total. The van der Waals surface area contributed by atoms with Crippen molar-refractivity contribution < 1.29 is 12.8 Å². The third-order valence-corrected chi connectivity index (χ3v) is 4.76. The van der Waals surface area contributed by atoms with Crippen LogP contribution in [-0.4, -0.2) is 43.7 Å². The van der Waals surface area contributed by atoms with Gasteiger partial charge in [0.05, 0.1) is 5.75 Å². The lowest BCUT2D eigenvalue weighted by Crippen LogP contribution is -2.38. The first kappa shape index (κ1) is 12.9. The molecule has 1 saturated heterocycles. The van der Waals surface area contributed by atoms with E-state index < -0.39 is 9.84 Å². The van der Waals surface area contributed by atoms with Crippen LogP contribution >= 0.6 is 0 Å². The van der Waals surface area contributed by atoms with Gasteiger partial charge in [-0.3, -0.25) is 0 Å². The summed E-state index contributed by atoms with van der Waals surface area (Å²) in [7, 11) is -2.92. The minimum absolute atomic E-state index is 0.167. The van der Waals surface area contributed by atoms with Crippen LogP contribution in [0.3, 0.4) is 0 Å². The molecule has 2 fully saturated rings. The van der Waals surface area contributed by atoms with Crippen molar-refractivity contribution in [1.29, 1.82) is 0 Å². The second-order valence-electron chi connectivity index (χ2n) is 5.74. The largest absolute Gasteiger partial charge is 0.408 e. The molecule has 2 heterocycles. The maximum Gasteiger partial charge on any atom is 0.318 e. The number of hydrogen-bond acceptors (Lipinski definition) is 6. The van der Waals surface area contributed by atoms with Crippen molar-refractivity contribution in [2.45, 2.75) is 31.6 Å². The lowest BCUT2D eigenvalue weighted by atomic mass is 10.0. The van der Waals surface area contributed by atoms with Crippen molar-refractivity contribution in [2.75, 3.05) is 30.0 Å². The van der Waals surface area contributed by atoms with Gasteiger partial charge in [0, 0.05) is 25.3 Å². The van der Waals surface area contributed by atoms with Crippen molar-refractivity contribution in [3.05, 3.63) is 5.89 Å². The maximum atomic E-state index is 11.4. The van der Waals surface area contributed by atoms with Gasteiger partial charge in [0.25, 0.3) is 0 Å². The van der Waals surface area contributed by atoms with Crippen LogP contribution in [-0.2, 0) is 9.84 Å². The molecule has 1 aromatic rings. The number of hydrogen-bond donors (Lipinski definition) is 0. The third kappa shape index (κ3) is 3.26. The van der Waals surface area contributed by atoms with Gasteiger partial charge in [-0.25, -0.2) is 8.42 Å². The summed E-state index contributed by atoms with van der Waals surface area (Å²) in [6.07, 6.45) is 5.50. The van der Waals surface area contributed by atoms with Crippen LogP contribution in [0.15, 0.2) is 4.42 Å². The average Bonchev–Trinajstić information content (AvgIpc) is 3.05. The minimum atomic E-state index is -2.92. The first-order chi connectivity index (χ1) is 9.01. The van der Waals surface area contributed by atoms with E-state index in [1.807, 2.05) is 4.90 Å². The SMILES string of the molecule is CS(=O)(=O)C[C@H]1CCCN(c2nnc(C3CC3)o2)C1. The smallest absolute Gasteiger partial charge is 0.318 e. The van der Waals surface area contributed by atoms with Gasteiger partial charge in [0.2, 0.25) is 5.89 Å². The van der Waals surface area contributed by atoms with E-state index >= 15 is 0 Å². The highest BCUT2D eigenvalue weighted by Crippen LogP contribution is 2.40. The zero-order chi connectivity index (χ0) is 13.5. The molecule has 3 rings (SSSR count). The van der Waals surface area contributed by atoms with E-state index in [4.69, 9.17) is 4.42 Å². The summed E-state index contributed by atoms with van der Waals surface area (Å²) in [5, 5.41) is 8.17. The predicted octanol–water partition coefficient (Wildman–Crippen LogP) is 1.21. The summed E-state index contributed by atoms with van der Waals surface area (Å²) < 4.78 is 28.4. The summed E-state index contributed by atoms with van der Waals surface area (Å²) in [5.41, 5.74) is 0. The fraction of sp³-hybridized carbons (Fsp3) is 0.833. The maximum absolute atomic E-state index is 11.4. The minimum Gasteiger partial charge on any atom is -0.408 e. The molecule has 0 amide bonds. The van der Waals surface area contributed by atoms with Gasteiger partial charge >= 0.3 is 6.01 Å². The Bertz CT molecular complexity index is 550. The number of piperidine rings is 1. The van der Waals surface area contributed by atoms with Gasteiger partial charge in [-0.05, 0) is 31.6 Å². The van der Waals surface area contributed by atoms with Crippen LogP contribution in [0.2, 0.25) is 0 Å². The van der Waals surface area contributed by atoms with Crippen LogP contribution in [0.5, 0.6) is 0 Å². The summed E-state index contributed by atoms with van der Waals surface area (Å²) in [5.74, 6) is 1.60. The van der Waals surface area contributed by atoms with Gasteiger partial charge in [-0.15, -0.1) is 5.10 Å². The Labute approximate surface area is 113 Å². The monoisotopic (exact) mass is 285 g/mol. The number of rotatable bonds is 4. The molecule has 0 unspecified atom stereocenters.